The number of hydrogen-bond acceptors (Lipinski definition) is 2. The van der Waals surface area contributed by atoms with Crippen LogP contribution in [0.25, 0.3) is 0 Å². The summed E-state index contributed by atoms with van der Waals surface area (Å²) in [4.78, 5) is 11.1. The van der Waals surface area contributed by atoms with Gasteiger partial charge in [-0.2, -0.15) is 0 Å². The standard InChI is InChI=1S/C15H18O3/c1-10(13(16)17)14-7-15(8-14,9-14)11-3-5-12(18-2)6-4-11/h3-6,10H,7-9H2,1-2H3,(H,16,17). The summed E-state index contributed by atoms with van der Waals surface area (Å²) in [5, 5.41) is 9.11. The highest BCUT2D eigenvalue weighted by atomic mass is 16.5. The van der Waals surface area contributed by atoms with Gasteiger partial charge in [0.25, 0.3) is 0 Å². The molecule has 96 valence electrons. The summed E-state index contributed by atoms with van der Waals surface area (Å²) in [5.74, 6) is 0.00891. The molecule has 1 aromatic carbocycles. The van der Waals surface area contributed by atoms with Crippen molar-refractivity contribution in [3.05, 3.63) is 29.8 Å². The molecule has 0 spiro atoms. The van der Waals surface area contributed by atoms with E-state index in [0.29, 0.717) is 0 Å². The first-order chi connectivity index (χ1) is 8.51. The molecular weight excluding hydrogens is 228 g/mol. The van der Waals surface area contributed by atoms with Crippen molar-refractivity contribution in [3.8, 4) is 5.75 Å². The Morgan fingerprint density at radius 3 is 2.28 bits per heavy atom. The Balaban J connectivity index is 1.73. The van der Waals surface area contributed by atoms with Gasteiger partial charge in [-0.25, -0.2) is 0 Å². The van der Waals surface area contributed by atoms with E-state index >= 15 is 0 Å². The number of benzene rings is 1. The second-order valence-electron chi connectivity index (χ2n) is 5.96. The van der Waals surface area contributed by atoms with Crippen molar-refractivity contribution in [1.82, 2.24) is 0 Å². The molecule has 1 atom stereocenters. The Kier molecular flexibility index (Phi) is 2.25. The number of hydrogen-bond donors (Lipinski definition) is 1. The summed E-state index contributed by atoms with van der Waals surface area (Å²) in [6.07, 6.45) is 3.08. The van der Waals surface area contributed by atoms with Crippen molar-refractivity contribution in [1.29, 1.82) is 0 Å². The van der Waals surface area contributed by atoms with Gasteiger partial charge in [-0.15, -0.1) is 0 Å². The fraction of sp³-hybridized carbons (Fsp3) is 0.533. The van der Waals surface area contributed by atoms with Crippen LogP contribution in [0.15, 0.2) is 24.3 Å². The van der Waals surface area contributed by atoms with Crippen molar-refractivity contribution in [2.75, 3.05) is 7.11 Å². The first kappa shape index (κ1) is 11.6. The van der Waals surface area contributed by atoms with Gasteiger partial charge in [0.05, 0.1) is 13.0 Å². The Hall–Kier alpha value is -1.51. The van der Waals surface area contributed by atoms with Crippen molar-refractivity contribution < 1.29 is 14.6 Å². The number of aliphatic carboxylic acids is 1. The normalized spacial score (nSPS) is 34.1. The number of carboxylic acids is 1. The molecule has 2 bridgehead atoms. The van der Waals surface area contributed by atoms with Crippen LogP contribution in [0.4, 0.5) is 0 Å². The van der Waals surface area contributed by atoms with Gasteiger partial charge < -0.3 is 9.84 Å². The van der Waals surface area contributed by atoms with E-state index in [1.807, 2.05) is 19.1 Å². The quantitative estimate of drug-likeness (QED) is 0.888. The minimum atomic E-state index is -0.655. The van der Waals surface area contributed by atoms with E-state index in [1.165, 1.54) is 5.56 Å². The highest BCUT2D eigenvalue weighted by Gasteiger charge is 2.70. The topological polar surface area (TPSA) is 46.5 Å². The first-order valence-electron chi connectivity index (χ1n) is 6.39. The molecule has 3 aliphatic carbocycles. The molecule has 1 unspecified atom stereocenters. The van der Waals surface area contributed by atoms with Gasteiger partial charge in [-0.05, 0) is 47.8 Å². The maximum absolute atomic E-state index is 11.1. The van der Waals surface area contributed by atoms with Crippen LogP contribution in [0.1, 0.15) is 31.7 Å². The van der Waals surface area contributed by atoms with Crippen molar-refractivity contribution >= 4 is 5.97 Å². The van der Waals surface area contributed by atoms with Crippen LogP contribution in [0.3, 0.4) is 0 Å². The third kappa shape index (κ3) is 1.33. The van der Waals surface area contributed by atoms with E-state index in [0.717, 1.165) is 25.0 Å². The molecule has 3 heteroatoms. The lowest BCUT2D eigenvalue weighted by Crippen LogP contribution is -2.68. The summed E-state index contributed by atoms with van der Waals surface area (Å²) in [6, 6.07) is 8.22. The second-order valence-corrected chi connectivity index (χ2v) is 5.96. The van der Waals surface area contributed by atoms with Gasteiger partial charge in [-0.3, -0.25) is 4.79 Å². The summed E-state index contributed by atoms with van der Waals surface area (Å²) in [5.41, 5.74) is 1.67. The molecule has 0 radical (unpaired) electrons. The number of carbonyl (C=O) groups is 1. The highest BCUT2D eigenvalue weighted by Crippen LogP contribution is 2.76. The summed E-state index contributed by atoms with van der Waals surface area (Å²) < 4.78 is 5.16. The number of ether oxygens (including phenoxy) is 1. The van der Waals surface area contributed by atoms with Gasteiger partial charge in [0, 0.05) is 0 Å². The molecular formula is C15H18O3. The van der Waals surface area contributed by atoms with E-state index in [-0.39, 0.29) is 16.7 Å². The summed E-state index contributed by atoms with van der Waals surface area (Å²) in [6.45, 7) is 1.85. The zero-order valence-corrected chi connectivity index (χ0v) is 10.8. The van der Waals surface area contributed by atoms with Crippen molar-refractivity contribution in [2.45, 2.75) is 31.6 Å². The van der Waals surface area contributed by atoms with Gasteiger partial charge >= 0.3 is 5.97 Å². The van der Waals surface area contributed by atoms with Crippen molar-refractivity contribution in [3.63, 3.8) is 0 Å². The monoisotopic (exact) mass is 246 g/mol. The van der Waals surface area contributed by atoms with Crippen LogP contribution < -0.4 is 4.74 Å². The fourth-order valence-corrected chi connectivity index (χ4v) is 3.84. The Morgan fingerprint density at radius 2 is 1.83 bits per heavy atom. The molecule has 1 aromatic rings. The molecule has 1 N–H and O–H groups in total. The van der Waals surface area contributed by atoms with Gasteiger partial charge in [0.1, 0.15) is 5.75 Å². The molecule has 3 nitrogen and oxygen atoms in total. The predicted octanol–water partition coefficient (Wildman–Crippen LogP) is 2.84. The zero-order valence-electron chi connectivity index (χ0n) is 10.8. The summed E-state index contributed by atoms with van der Waals surface area (Å²) >= 11 is 0. The Labute approximate surface area is 107 Å². The van der Waals surface area contributed by atoms with E-state index < -0.39 is 5.97 Å². The third-order valence-electron chi connectivity index (χ3n) is 5.06. The highest BCUT2D eigenvalue weighted by molar-refractivity contribution is 5.72. The Morgan fingerprint density at radius 1 is 1.28 bits per heavy atom. The maximum Gasteiger partial charge on any atom is 0.306 e. The molecule has 18 heavy (non-hydrogen) atoms. The van der Waals surface area contributed by atoms with Gasteiger partial charge in [0.15, 0.2) is 0 Å². The van der Waals surface area contributed by atoms with Crippen LogP contribution >= 0.6 is 0 Å². The predicted molar refractivity (Wildman–Crippen MR) is 67.8 cm³/mol. The van der Waals surface area contributed by atoms with Crippen LogP contribution in [-0.2, 0) is 10.2 Å². The van der Waals surface area contributed by atoms with E-state index in [9.17, 15) is 4.79 Å². The van der Waals surface area contributed by atoms with Crippen LogP contribution in [0, 0.1) is 11.3 Å². The van der Waals surface area contributed by atoms with Gasteiger partial charge in [-0.1, -0.05) is 19.1 Å². The third-order valence-corrected chi connectivity index (χ3v) is 5.06. The smallest absolute Gasteiger partial charge is 0.306 e. The van der Waals surface area contributed by atoms with Crippen LogP contribution in [0.2, 0.25) is 0 Å². The zero-order chi connectivity index (χ0) is 13.0. The molecule has 3 fully saturated rings. The average molecular weight is 246 g/mol. The molecule has 0 aliphatic heterocycles. The average Bonchev–Trinajstić information content (AvgIpc) is 2.26. The van der Waals surface area contributed by atoms with Crippen LogP contribution in [0.5, 0.6) is 5.75 Å². The molecule has 4 rings (SSSR count). The molecule has 0 heterocycles. The van der Waals surface area contributed by atoms with Gasteiger partial charge in [0.2, 0.25) is 0 Å². The Bertz CT molecular complexity index is 469. The number of methoxy groups -OCH3 is 1. The minimum absolute atomic E-state index is 0.0752. The molecule has 0 aromatic heterocycles. The lowest BCUT2D eigenvalue weighted by atomic mass is 9.31. The van der Waals surface area contributed by atoms with E-state index in [1.54, 1.807) is 7.11 Å². The lowest BCUT2D eigenvalue weighted by Gasteiger charge is -2.72. The second kappa shape index (κ2) is 3.50. The van der Waals surface area contributed by atoms with Crippen molar-refractivity contribution in [2.24, 2.45) is 11.3 Å². The minimum Gasteiger partial charge on any atom is -0.497 e. The van der Waals surface area contributed by atoms with Crippen LogP contribution in [-0.4, -0.2) is 18.2 Å². The first-order valence-corrected chi connectivity index (χ1v) is 6.39. The molecule has 0 saturated heterocycles. The summed E-state index contributed by atoms with van der Waals surface area (Å²) in [7, 11) is 1.67. The molecule has 3 aliphatic rings. The SMILES string of the molecule is COc1ccc(C23CC(C(C)C(=O)O)(C2)C3)cc1. The number of rotatable bonds is 4. The molecule has 3 saturated carbocycles. The lowest BCUT2D eigenvalue weighted by molar-refractivity contribution is -0.193. The number of carboxylic acid groups (broad SMARTS) is 1. The molecule has 0 amide bonds. The maximum atomic E-state index is 11.1. The van der Waals surface area contributed by atoms with E-state index in [4.69, 9.17) is 9.84 Å². The largest absolute Gasteiger partial charge is 0.497 e. The fourth-order valence-electron chi connectivity index (χ4n) is 3.84. The van der Waals surface area contributed by atoms with E-state index in [2.05, 4.69) is 12.1 Å².